The van der Waals surface area contributed by atoms with E-state index in [-0.39, 0.29) is 35.4 Å². The number of ether oxygens (including phenoxy) is 2. The van der Waals surface area contributed by atoms with Crippen LogP contribution in [-0.4, -0.2) is 34.3 Å². The zero-order chi connectivity index (χ0) is 27.1. The van der Waals surface area contributed by atoms with Crippen molar-refractivity contribution in [2.24, 2.45) is 0 Å². The van der Waals surface area contributed by atoms with E-state index in [0.29, 0.717) is 13.3 Å². The molecule has 1 atom stereocenters. The van der Waals surface area contributed by atoms with Crippen molar-refractivity contribution in [3.05, 3.63) is 142 Å². The van der Waals surface area contributed by atoms with Crippen molar-refractivity contribution in [1.29, 1.82) is 0 Å². The maximum absolute atomic E-state index is 14.3. The number of rotatable bonds is 4. The van der Waals surface area contributed by atoms with Crippen molar-refractivity contribution < 1.29 is 14.3 Å². The molecular weight excluding hydrogens is 502 g/mol. The van der Waals surface area contributed by atoms with E-state index in [4.69, 9.17) is 9.47 Å². The minimum atomic E-state index is -0.426. The number of amides is 1. The van der Waals surface area contributed by atoms with Gasteiger partial charge in [0.15, 0.2) is 11.4 Å². The summed E-state index contributed by atoms with van der Waals surface area (Å²) in [5.74, 6) is 0.635. The van der Waals surface area contributed by atoms with Gasteiger partial charge in [-0.2, -0.15) is 0 Å². The first kappa shape index (κ1) is 24.3. The van der Waals surface area contributed by atoms with Crippen molar-refractivity contribution >= 4 is 5.91 Å². The lowest BCUT2D eigenvalue weighted by atomic mass is 9.97. The Hall–Kier alpha value is -4.78. The van der Waals surface area contributed by atoms with Gasteiger partial charge in [0, 0.05) is 17.8 Å². The van der Waals surface area contributed by atoms with E-state index in [2.05, 4.69) is 29.3 Å². The Balaban J connectivity index is 1.44. The van der Waals surface area contributed by atoms with Crippen LogP contribution in [0.2, 0.25) is 0 Å². The fraction of sp³-hybridized carbons (Fsp3) is 0.212. The van der Waals surface area contributed by atoms with Crippen LogP contribution in [0, 0.1) is 0 Å². The van der Waals surface area contributed by atoms with Crippen molar-refractivity contribution in [2.75, 3.05) is 18.3 Å². The van der Waals surface area contributed by atoms with Gasteiger partial charge >= 0.3 is 0 Å². The van der Waals surface area contributed by atoms with Gasteiger partial charge in [-0.1, -0.05) is 84.9 Å². The summed E-state index contributed by atoms with van der Waals surface area (Å²) in [5.41, 5.74) is 2.43. The largest absolute Gasteiger partial charge is 0.489 e. The summed E-state index contributed by atoms with van der Waals surface area (Å²) in [7, 11) is 0. The normalized spacial score (nSPS) is 19.6. The van der Waals surface area contributed by atoms with Crippen LogP contribution in [0.15, 0.2) is 114 Å². The highest BCUT2D eigenvalue weighted by Gasteiger charge is 2.52. The fourth-order valence-corrected chi connectivity index (χ4v) is 5.79. The number of nitrogens with zero attached hydrogens (tertiary/aromatic N) is 3. The first-order chi connectivity index (χ1) is 19.6. The van der Waals surface area contributed by atoms with Gasteiger partial charge in [-0.3, -0.25) is 19.3 Å². The number of benzene rings is 3. The van der Waals surface area contributed by atoms with E-state index in [1.165, 1.54) is 6.07 Å². The summed E-state index contributed by atoms with van der Waals surface area (Å²) in [5, 5.41) is 2.14. The lowest BCUT2D eigenvalue weighted by Crippen LogP contribution is -2.58. The molecule has 7 nitrogen and oxygen atoms in total. The highest BCUT2D eigenvalue weighted by Crippen LogP contribution is 2.47. The van der Waals surface area contributed by atoms with E-state index in [1.807, 2.05) is 82.4 Å². The standard InChI is InChI=1S/C33H29N3O4/c37-27-16-20-35-30(31(27)40-22-24-10-3-1-4-11-24)32(38)34-23-36(35)29(25-12-5-2-6-13-25)26-14-7-8-15-28(26)39-21-9-17-33(34)18-19-33/h1-17,20,29H,18-19,21-23H2/b17-9+/t29-/m0/s1. The maximum atomic E-state index is 14.3. The summed E-state index contributed by atoms with van der Waals surface area (Å²) < 4.78 is 14.3. The van der Waals surface area contributed by atoms with Gasteiger partial charge in [0.25, 0.3) is 5.91 Å². The van der Waals surface area contributed by atoms with Crippen LogP contribution >= 0.6 is 0 Å². The highest BCUT2D eigenvalue weighted by molar-refractivity contribution is 5.97. The predicted octanol–water partition coefficient (Wildman–Crippen LogP) is 5.05. The topological polar surface area (TPSA) is 64.0 Å². The monoisotopic (exact) mass is 531 g/mol. The van der Waals surface area contributed by atoms with Crippen molar-refractivity contribution in [3.63, 3.8) is 0 Å². The maximum Gasteiger partial charge on any atom is 0.278 e. The fourth-order valence-electron chi connectivity index (χ4n) is 5.79. The molecule has 4 aromatic rings. The van der Waals surface area contributed by atoms with E-state index in [1.54, 1.807) is 6.20 Å². The van der Waals surface area contributed by atoms with Gasteiger partial charge in [-0.25, -0.2) is 0 Å². The molecule has 1 aromatic heterocycles. The number of para-hydroxylation sites is 1. The molecule has 1 fully saturated rings. The molecule has 3 heterocycles. The third kappa shape index (κ3) is 4.14. The molecule has 40 heavy (non-hydrogen) atoms. The average Bonchev–Trinajstić information content (AvgIpc) is 3.78. The van der Waals surface area contributed by atoms with Gasteiger partial charge in [-0.05, 0) is 36.1 Å². The van der Waals surface area contributed by atoms with Crippen LogP contribution in [-0.2, 0) is 6.61 Å². The summed E-state index contributed by atoms with van der Waals surface area (Å²) in [6, 6.07) is 29.1. The number of carbonyl (C=O) groups excluding carboxylic acids is 1. The molecule has 1 aliphatic carbocycles. The molecule has 0 radical (unpaired) electrons. The van der Waals surface area contributed by atoms with E-state index in [9.17, 15) is 9.59 Å². The Labute approximate surface area is 232 Å². The molecule has 7 heteroatoms. The molecule has 2 bridgehead atoms. The molecule has 7 rings (SSSR count). The summed E-state index contributed by atoms with van der Waals surface area (Å²) in [4.78, 5) is 29.5. The molecule has 200 valence electrons. The van der Waals surface area contributed by atoms with Crippen molar-refractivity contribution in [3.8, 4) is 11.5 Å². The van der Waals surface area contributed by atoms with Gasteiger partial charge in [0.1, 0.15) is 31.7 Å². The number of hydrogen-bond donors (Lipinski definition) is 0. The second-order valence-electron chi connectivity index (χ2n) is 10.5. The number of hydrogen-bond acceptors (Lipinski definition) is 5. The molecule has 3 aromatic carbocycles. The van der Waals surface area contributed by atoms with Crippen LogP contribution in [0.25, 0.3) is 0 Å². The number of carbonyl (C=O) groups is 1. The van der Waals surface area contributed by atoms with Crippen LogP contribution in [0.5, 0.6) is 11.5 Å². The molecular formula is C33H29N3O4. The van der Waals surface area contributed by atoms with Gasteiger partial charge < -0.3 is 14.4 Å². The molecule has 1 saturated carbocycles. The molecule has 1 amide bonds. The Kier molecular flexibility index (Phi) is 5.92. The highest BCUT2D eigenvalue weighted by atomic mass is 16.5. The lowest BCUT2D eigenvalue weighted by Gasteiger charge is -2.46. The SMILES string of the molecule is O=C1c2c(OCc3ccccc3)c(=O)ccn2N2CN1C1(/C=C/COc3ccccc3[C@@H]2c2ccccc2)CC1. The lowest BCUT2D eigenvalue weighted by molar-refractivity contribution is 0.0602. The van der Waals surface area contributed by atoms with E-state index < -0.39 is 5.54 Å². The minimum Gasteiger partial charge on any atom is -0.489 e. The molecule has 0 saturated heterocycles. The Morgan fingerprint density at radius 1 is 0.875 bits per heavy atom. The van der Waals surface area contributed by atoms with Crippen molar-refractivity contribution in [2.45, 2.75) is 31.0 Å². The van der Waals surface area contributed by atoms with E-state index in [0.717, 1.165) is 35.3 Å². The van der Waals surface area contributed by atoms with Gasteiger partial charge in [0.05, 0.1) is 5.54 Å². The molecule has 2 aliphatic heterocycles. The molecule has 0 N–H and O–H groups in total. The van der Waals surface area contributed by atoms with Crippen LogP contribution in [0.1, 0.15) is 46.1 Å². The molecule has 3 aliphatic rings. The Bertz CT molecular complexity index is 1640. The molecule has 0 unspecified atom stereocenters. The van der Waals surface area contributed by atoms with E-state index >= 15 is 0 Å². The Morgan fingerprint density at radius 2 is 1.60 bits per heavy atom. The zero-order valence-electron chi connectivity index (χ0n) is 22.0. The Morgan fingerprint density at radius 3 is 2.38 bits per heavy atom. The van der Waals surface area contributed by atoms with Crippen LogP contribution < -0.4 is 19.9 Å². The minimum absolute atomic E-state index is 0.0667. The second kappa shape index (κ2) is 9.75. The number of pyridine rings is 1. The first-order valence-corrected chi connectivity index (χ1v) is 13.6. The number of fused-ring (bicyclic) bond motifs is 6. The van der Waals surface area contributed by atoms with Gasteiger partial charge in [0.2, 0.25) is 5.43 Å². The average molecular weight is 532 g/mol. The first-order valence-electron chi connectivity index (χ1n) is 13.6. The predicted molar refractivity (Wildman–Crippen MR) is 152 cm³/mol. The summed E-state index contributed by atoms with van der Waals surface area (Å²) in [6.45, 7) is 0.924. The van der Waals surface area contributed by atoms with Crippen LogP contribution in [0.4, 0.5) is 0 Å². The summed E-state index contributed by atoms with van der Waals surface area (Å²) >= 11 is 0. The smallest absolute Gasteiger partial charge is 0.278 e. The molecule has 1 spiro atoms. The second-order valence-corrected chi connectivity index (χ2v) is 10.5. The quantitative estimate of drug-likeness (QED) is 0.345. The van der Waals surface area contributed by atoms with Gasteiger partial charge in [-0.15, -0.1) is 0 Å². The van der Waals surface area contributed by atoms with Crippen molar-refractivity contribution in [1.82, 2.24) is 9.58 Å². The van der Waals surface area contributed by atoms with Crippen LogP contribution in [0.3, 0.4) is 0 Å². The zero-order valence-corrected chi connectivity index (χ0v) is 22.0. The third-order valence-electron chi connectivity index (χ3n) is 7.96. The number of aromatic nitrogens is 1. The summed E-state index contributed by atoms with van der Waals surface area (Å²) in [6.07, 6.45) is 7.49. The third-order valence-corrected chi connectivity index (χ3v) is 7.96.